The quantitative estimate of drug-likeness (QED) is 0.633. The molecule has 0 radical (unpaired) electrons. The van der Waals surface area contributed by atoms with Crippen molar-refractivity contribution in [3.05, 3.63) is 65.2 Å². The van der Waals surface area contributed by atoms with Gasteiger partial charge in [-0.1, -0.05) is 18.2 Å². The van der Waals surface area contributed by atoms with Crippen molar-refractivity contribution in [3.8, 4) is 5.75 Å². The molecule has 3 rings (SSSR count). The number of ether oxygens (including phenoxy) is 1. The maximum absolute atomic E-state index is 12.8. The van der Waals surface area contributed by atoms with E-state index in [0.29, 0.717) is 11.3 Å². The van der Waals surface area contributed by atoms with Crippen LogP contribution in [0.1, 0.15) is 15.9 Å². The number of nitrogens with zero attached hydrogens (tertiary/aromatic N) is 1. The van der Waals surface area contributed by atoms with Crippen LogP contribution in [0.5, 0.6) is 5.75 Å². The van der Waals surface area contributed by atoms with Crippen LogP contribution in [0.15, 0.2) is 54.1 Å². The molecule has 2 aromatic rings. The minimum absolute atomic E-state index is 0.0738. The van der Waals surface area contributed by atoms with Crippen LogP contribution >= 0.6 is 0 Å². The van der Waals surface area contributed by atoms with Gasteiger partial charge in [-0.15, -0.1) is 0 Å². The Kier molecular flexibility index (Phi) is 4.71. The zero-order valence-corrected chi connectivity index (χ0v) is 14.1. The summed E-state index contributed by atoms with van der Waals surface area (Å²) in [5, 5.41) is 11.0. The number of nitrogens with one attached hydrogen (secondary N) is 1. The van der Waals surface area contributed by atoms with Crippen molar-refractivity contribution in [2.75, 3.05) is 12.0 Å². The van der Waals surface area contributed by atoms with Gasteiger partial charge in [0.05, 0.1) is 18.4 Å². The van der Waals surface area contributed by atoms with Crippen molar-refractivity contribution in [1.29, 1.82) is 0 Å². The number of hydrogen-bond acceptors (Lipinski definition) is 5. The molecule has 1 heterocycles. The van der Waals surface area contributed by atoms with Gasteiger partial charge in [-0.05, 0) is 35.9 Å². The second-order valence-corrected chi connectivity index (χ2v) is 5.59. The second kappa shape index (κ2) is 7.12. The smallest absolute Gasteiger partial charge is 0.335 e. The molecule has 136 valence electrons. The van der Waals surface area contributed by atoms with E-state index in [4.69, 9.17) is 9.84 Å². The summed E-state index contributed by atoms with van der Waals surface area (Å²) in [5.74, 6) is -2.26. The molecule has 0 saturated carbocycles. The average molecular weight is 366 g/mol. The Morgan fingerprint density at radius 3 is 2.44 bits per heavy atom. The lowest BCUT2D eigenvalue weighted by Crippen LogP contribution is -2.54. The standard InChI is InChI=1S/C19H14N2O6/c1-27-14-4-2-3-13(10-14)21-17(23)15(16(22)20-19(21)26)9-11-5-7-12(8-6-11)18(24)25/h2-10H,1H3,(H,24,25)(H,20,22,26). The van der Waals surface area contributed by atoms with Gasteiger partial charge in [0.2, 0.25) is 0 Å². The number of carboxylic acid groups (broad SMARTS) is 1. The fraction of sp³-hybridized carbons (Fsp3) is 0.0526. The van der Waals surface area contributed by atoms with Crippen LogP contribution in [0, 0.1) is 0 Å². The number of rotatable bonds is 4. The number of carboxylic acids is 1. The maximum Gasteiger partial charge on any atom is 0.335 e. The molecule has 1 aliphatic heterocycles. The monoisotopic (exact) mass is 366 g/mol. The predicted molar refractivity (Wildman–Crippen MR) is 95.4 cm³/mol. The molecule has 2 aromatic carbocycles. The number of hydrogen-bond donors (Lipinski definition) is 2. The molecule has 0 aliphatic carbocycles. The molecule has 0 atom stereocenters. The van der Waals surface area contributed by atoms with Crippen LogP contribution in [-0.4, -0.2) is 36.0 Å². The van der Waals surface area contributed by atoms with Gasteiger partial charge in [0.25, 0.3) is 11.8 Å². The lowest BCUT2D eigenvalue weighted by Gasteiger charge is -2.26. The number of anilines is 1. The molecule has 1 aliphatic rings. The third-order valence-electron chi connectivity index (χ3n) is 3.88. The summed E-state index contributed by atoms with van der Waals surface area (Å²) in [7, 11) is 1.45. The fourth-order valence-electron chi connectivity index (χ4n) is 2.53. The fourth-order valence-corrected chi connectivity index (χ4v) is 2.53. The molecule has 1 saturated heterocycles. The minimum Gasteiger partial charge on any atom is -0.497 e. The molecule has 8 heteroatoms. The summed E-state index contributed by atoms with van der Waals surface area (Å²) >= 11 is 0. The molecule has 1 fully saturated rings. The van der Waals surface area contributed by atoms with Crippen molar-refractivity contribution in [2.45, 2.75) is 0 Å². The van der Waals surface area contributed by atoms with E-state index in [1.165, 1.54) is 49.6 Å². The van der Waals surface area contributed by atoms with Crippen molar-refractivity contribution in [1.82, 2.24) is 5.32 Å². The predicted octanol–water partition coefficient (Wildman–Crippen LogP) is 2.06. The number of carbonyl (C=O) groups excluding carboxylic acids is 3. The van der Waals surface area contributed by atoms with Gasteiger partial charge in [0.15, 0.2) is 0 Å². The molecule has 0 bridgehead atoms. The average Bonchev–Trinajstić information content (AvgIpc) is 2.65. The number of aromatic carboxylic acids is 1. The Labute approximate surface area is 153 Å². The number of benzene rings is 2. The number of urea groups is 1. The van der Waals surface area contributed by atoms with Gasteiger partial charge < -0.3 is 9.84 Å². The van der Waals surface area contributed by atoms with E-state index in [0.717, 1.165) is 4.90 Å². The van der Waals surface area contributed by atoms with Gasteiger partial charge in [-0.2, -0.15) is 0 Å². The molecular weight excluding hydrogens is 352 g/mol. The topological polar surface area (TPSA) is 113 Å². The number of carbonyl (C=O) groups is 4. The van der Waals surface area contributed by atoms with E-state index in [1.807, 2.05) is 0 Å². The van der Waals surface area contributed by atoms with E-state index in [9.17, 15) is 19.2 Å². The highest BCUT2D eigenvalue weighted by Crippen LogP contribution is 2.25. The highest BCUT2D eigenvalue weighted by molar-refractivity contribution is 6.39. The minimum atomic E-state index is -1.09. The van der Waals surface area contributed by atoms with Gasteiger partial charge in [-0.3, -0.25) is 14.9 Å². The molecule has 4 amide bonds. The Hall–Kier alpha value is -3.94. The molecule has 0 spiro atoms. The Bertz CT molecular complexity index is 978. The number of barbiturate groups is 1. The summed E-state index contributed by atoms with van der Waals surface area (Å²) in [6, 6.07) is 11.1. The third kappa shape index (κ3) is 3.54. The van der Waals surface area contributed by atoms with Gasteiger partial charge in [0, 0.05) is 6.07 Å². The van der Waals surface area contributed by atoms with Gasteiger partial charge in [-0.25, -0.2) is 14.5 Å². The van der Waals surface area contributed by atoms with Crippen LogP contribution in [0.3, 0.4) is 0 Å². The summed E-state index contributed by atoms with van der Waals surface area (Å²) in [5.41, 5.74) is 0.514. The number of methoxy groups -OCH3 is 1. The molecule has 27 heavy (non-hydrogen) atoms. The summed E-state index contributed by atoms with van der Waals surface area (Å²) < 4.78 is 5.09. The highest BCUT2D eigenvalue weighted by atomic mass is 16.5. The maximum atomic E-state index is 12.8. The zero-order valence-electron chi connectivity index (χ0n) is 14.1. The Morgan fingerprint density at radius 1 is 1.11 bits per heavy atom. The van der Waals surface area contributed by atoms with Crippen LogP contribution in [0.2, 0.25) is 0 Å². The van der Waals surface area contributed by atoms with Crippen molar-refractivity contribution >= 4 is 35.6 Å². The third-order valence-corrected chi connectivity index (χ3v) is 3.88. The van der Waals surface area contributed by atoms with Crippen LogP contribution in [0.4, 0.5) is 10.5 Å². The van der Waals surface area contributed by atoms with Crippen molar-refractivity contribution in [2.24, 2.45) is 0 Å². The largest absolute Gasteiger partial charge is 0.497 e. The number of amides is 4. The molecule has 2 N–H and O–H groups in total. The normalized spacial score (nSPS) is 15.7. The first kappa shape index (κ1) is 17.9. The summed E-state index contributed by atoms with van der Waals surface area (Å²) in [4.78, 5) is 48.8. The van der Waals surface area contributed by atoms with Crippen LogP contribution in [-0.2, 0) is 9.59 Å². The van der Waals surface area contributed by atoms with E-state index in [2.05, 4.69) is 5.32 Å². The van der Waals surface area contributed by atoms with Gasteiger partial charge in [0.1, 0.15) is 11.3 Å². The summed E-state index contributed by atoms with van der Waals surface area (Å²) in [6.45, 7) is 0. The van der Waals surface area contributed by atoms with E-state index in [-0.39, 0.29) is 16.8 Å². The van der Waals surface area contributed by atoms with Crippen molar-refractivity contribution < 1.29 is 29.0 Å². The van der Waals surface area contributed by atoms with E-state index in [1.54, 1.807) is 12.1 Å². The molecule has 0 aromatic heterocycles. The SMILES string of the molecule is COc1cccc(N2C(=O)NC(=O)C(=Cc3ccc(C(=O)O)cc3)C2=O)c1. The number of imide groups is 2. The molecule has 0 unspecified atom stereocenters. The molecular formula is C19H14N2O6. The van der Waals surface area contributed by atoms with Crippen molar-refractivity contribution in [3.63, 3.8) is 0 Å². The molecule has 8 nitrogen and oxygen atoms in total. The highest BCUT2D eigenvalue weighted by Gasteiger charge is 2.36. The zero-order chi connectivity index (χ0) is 19.6. The van der Waals surface area contributed by atoms with Crippen LogP contribution < -0.4 is 15.0 Å². The van der Waals surface area contributed by atoms with E-state index >= 15 is 0 Å². The second-order valence-electron chi connectivity index (χ2n) is 5.59. The lowest BCUT2D eigenvalue weighted by atomic mass is 10.1. The Morgan fingerprint density at radius 2 is 1.81 bits per heavy atom. The summed E-state index contributed by atoms with van der Waals surface area (Å²) in [6.07, 6.45) is 1.29. The van der Waals surface area contributed by atoms with E-state index < -0.39 is 23.8 Å². The lowest BCUT2D eigenvalue weighted by molar-refractivity contribution is -0.122. The van der Waals surface area contributed by atoms with Gasteiger partial charge >= 0.3 is 12.0 Å². The first-order chi connectivity index (χ1) is 12.9. The van der Waals surface area contributed by atoms with Crippen LogP contribution in [0.25, 0.3) is 6.08 Å². The first-order valence-electron chi connectivity index (χ1n) is 7.79. The first-order valence-corrected chi connectivity index (χ1v) is 7.79. The Balaban J connectivity index is 1.97.